The Hall–Kier alpha value is -2.78. The van der Waals surface area contributed by atoms with Crippen molar-refractivity contribution in [3.8, 4) is 10.4 Å². The molecular formula is C18H17N3O5S. The van der Waals surface area contributed by atoms with Crippen LogP contribution in [0.1, 0.15) is 36.8 Å². The van der Waals surface area contributed by atoms with Crippen molar-refractivity contribution < 1.29 is 19.1 Å². The van der Waals surface area contributed by atoms with Crippen molar-refractivity contribution in [3.63, 3.8) is 0 Å². The van der Waals surface area contributed by atoms with Crippen LogP contribution in [-0.4, -0.2) is 38.8 Å². The molecule has 27 heavy (non-hydrogen) atoms. The highest BCUT2D eigenvalue weighted by molar-refractivity contribution is 7.22. The van der Waals surface area contributed by atoms with Crippen molar-refractivity contribution in [2.24, 2.45) is 0 Å². The van der Waals surface area contributed by atoms with Crippen molar-refractivity contribution in [1.29, 1.82) is 0 Å². The maximum absolute atomic E-state index is 12.4. The normalized spacial score (nSPS) is 14.4. The zero-order chi connectivity index (χ0) is 19.3. The summed E-state index contributed by atoms with van der Waals surface area (Å²) in [5, 5.41) is 4.74. The summed E-state index contributed by atoms with van der Waals surface area (Å²) >= 11 is 1.27. The summed E-state index contributed by atoms with van der Waals surface area (Å²) in [7, 11) is 0. The van der Waals surface area contributed by atoms with E-state index in [0.29, 0.717) is 26.9 Å². The first-order chi connectivity index (χ1) is 12.7. The first-order valence-electron chi connectivity index (χ1n) is 8.31. The van der Waals surface area contributed by atoms with E-state index >= 15 is 0 Å². The fourth-order valence-corrected chi connectivity index (χ4v) is 3.93. The second-order valence-corrected chi connectivity index (χ2v) is 8.28. The summed E-state index contributed by atoms with van der Waals surface area (Å²) in [4.78, 5) is 39.9. The van der Waals surface area contributed by atoms with Crippen LogP contribution in [0.3, 0.4) is 0 Å². The summed E-state index contributed by atoms with van der Waals surface area (Å²) in [6, 6.07) is 1.83. The van der Waals surface area contributed by atoms with Gasteiger partial charge in [0.1, 0.15) is 16.9 Å². The molecule has 0 saturated carbocycles. The number of hydrogen-bond donors (Lipinski definition) is 1. The average molecular weight is 387 g/mol. The average Bonchev–Trinajstić information content (AvgIpc) is 3.21. The highest BCUT2D eigenvalue weighted by Crippen LogP contribution is 2.35. The number of ketones is 1. The predicted molar refractivity (Wildman–Crippen MR) is 99.3 cm³/mol. The molecule has 0 unspecified atom stereocenters. The Morgan fingerprint density at radius 1 is 1.33 bits per heavy atom. The van der Waals surface area contributed by atoms with E-state index in [1.807, 2.05) is 6.07 Å². The lowest BCUT2D eigenvalue weighted by atomic mass is 10.0. The highest BCUT2D eigenvalue weighted by Gasteiger charge is 2.24. The minimum Gasteiger partial charge on any atom is -0.442 e. The highest BCUT2D eigenvalue weighted by atomic mass is 32.1. The van der Waals surface area contributed by atoms with Crippen LogP contribution in [0, 0.1) is 0 Å². The Bertz CT molecular complexity index is 1130. The fraction of sp³-hybridized carbons (Fsp3) is 0.333. The van der Waals surface area contributed by atoms with Crippen LogP contribution in [0.25, 0.3) is 20.5 Å². The second kappa shape index (κ2) is 6.14. The van der Waals surface area contributed by atoms with Crippen LogP contribution < -0.4 is 5.56 Å². The number of H-pyrrole nitrogens is 1. The molecule has 140 valence electrons. The van der Waals surface area contributed by atoms with Gasteiger partial charge in [-0.3, -0.25) is 9.59 Å². The van der Waals surface area contributed by atoms with E-state index in [2.05, 4.69) is 10.1 Å². The third kappa shape index (κ3) is 3.19. The number of Topliss-reactive ketones (excluding diaryl/α,β-unsaturated/α-hetero) is 1. The van der Waals surface area contributed by atoms with Crippen molar-refractivity contribution in [2.75, 3.05) is 6.61 Å². The van der Waals surface area contributed by atoms with Crippen LogP contribution >= 0.6 is 11.3 Å². The van der Waals surface area contributed by atoms with Gasteiger partial charge in [-0.15, -0.1) is 11.3 Å². The lowest BCUT2D eigenvalue weighted by Gasteiger charge is -2.18. The van der Waals surface area contributed by atoms with Crippen LogP contribution in [0.15, 0.2) is 23.3 Å². The van der Waals surface area contributed by atoms with Gasteiger partial charge in [-0.25, -0.2) is 4.79 Å². The molecule has 3 aromatic heterocycles. The molecule has 0 bridgehead atoms. The number of thiophene rings is 1. The van der Waals surface area contributed by atoms with Gasteiger partial charge in [-0.2, -0.15) is 9.78 Å². The van der Waals surface area contributed by atoms with Gasteiger partial charge in [0.15, 0.2) is 0 Å². The molecule has 8 nitrogen and oxygen atoms in total. The van der Waals surface area contributed by atoms with Gasteiger partial charge in [-0.05, 0) is 26.8 Å². The van der Waals surface area contributed by atoms with E-state index in [4.69, 9.17) is 9.47 Å². The summed E-state index contributed by atoms with van der Waals surface area (Å²) < 4.78 is 12.2. The summed E-state index contributed by atoms with van der Waals surface area (Å²) in [5.41, 5.74) is 0.739. The van der Waals surface area contributed by atoms with Crippen molar-refractivity contribution in [2.45, 2.75) is 33.0 Å². The molecule has 4 heterocycles. The van der Waals surface area contributed by atoms with E-state index in [9.17, 15) is 14.4 Å². The predicted octanol–water partition coefficient (Wildman–Crippen LogP) is 2.95. The van der Waals surface area contributed by atoms with Crippen molar-refractivity contribution >= 4 is 33.3 Å². The van der Waals surface area contributed by atoms with Gasteiger partial charge in [-0.1, -0.05) is 0 Å². The monoisotopic (exact) mass is 387 g/mol. The number of aromatic nitrogens is 3. The molecule has 1 N–H and O–H groups in total. The molecule has 0 aliphatic carbocycles. The third-order valence-electron chi connectivity index (χ3n) is 4.01. The van der Waals surface area contributed by atoms with Gasteiger partial charge in [0.05, 0.1) is 18.5 Å². The Kier molecular flexibility index (Phi) is 4.01. The molecule has 0 atom stereocenters. The molecule has 1 aliphatic rings. The topological polar surface area (TPSA) is 103 Å². The number of aromatic amines is 1. The molecule has 4 rings (SSSR count). The number of carbonyl (C=O) groups excluding carboxylic acids is 2. The van der Waals surface area contributed by atoms with Gasteiger partial charge in [0.2, 0.25) is 5.78 Å². The van der Waals surface area contributed by atoms with Gasteiger partial charge in [0, 0.05) is 27.6 Å². The Morgan fingerprint density at radius 2 is 2.11 bits per heavy atom. The van der Waals surface area contributed by atoms with Crippen LogP contribution in [0.4, 0.5) is 4.79 Å². The Balaban J connectivity index is 1.76. The number of carbonyl (C=O) groups is 2. The van der Waals surface area contributed by atoms with Crippen molar-refractivity contribution in [3.05, 3.63) is 40.1 Å². The number of pyridine rings is 1. The molecule has 0 amide bonds. The molecule has 0 radical (unpaired) electrons. The SMILES string of the molecule is CC(C)(C)OC(=O)n1cc(-c2cc3c4c([nH]c(=O)c3s2)C(=O)COC4)cn1. The Labute approximate surface area is 157 Å². The molecular weight excluding hydrogens is 370 g/mol. The number of nitrogens with one attached hydrogen (secondary N) is 1. The maximum Gasteiger partial charge on any atom is 0.435 e. The summed E-state index contributed by atoms with van der Waals surface area (Å²) in [6.07, 6.45) is 2.52. The number of rotatable bonds is 1. The lowest BCUT2D eigenvalue weighted by molar-refractivity contribution is 0.0514. The summed E-state index contributed by atoms with van der Waals surface area (Å²) in [5.74, 6) is -0.235. The van der Waals surface area contributed by atoms with E-state index in [0.717, 1.165) is 9.56 Å². The van der Waals surface area contributed by atoms with Crippen LogP contribution in [-0.2, 0) is 16.1 Å². The Morgan fingerprint density at radius 3 is 2.85 bits per heavy atom. The minimum absolute atomic E-state index is 0.0336. The number of nitrogens with zero attached hydrogens (tertiary/aromatic N) is 2. The number of hydrogen-bond acceptors (Lipinski definition) is 7. The first kappa shape index (κ1) is 17.6. The molecule has 1 aliphatic heterocycles. The smallest absolute Gasteiger partial charge is 0.435 e. The van der Waals surface area contributed by atoms with Gasteiger partial charge < -0.3 is 14.5 Å². The molecule has 0 saturated heterocycles. The largest absolute Gasteiger partial charge is 0.442 e. The van der Waals surface area contributed by atoms with Crippen molar-refractivity contribution in [1.82, 2.24) is 14.8 Å². The zero-order valence-electron chi connectivity index (χ0n) is 15.0. The van der Waals surface area contributed by atoms with Gasteiger partial charge in [0.25, 0.3) is 5.56 Å². The third-order valence-corrected chi connectivity index (χ3v) is 5.19. The van der Waals surface area contributed by atoms with E-state index in [1.165, 1.54) is 17.5 Å². The van der Waals surface area contributed by atoms with Crippen LogP contribution in [0.2, 0.25) is 0 Å². The molecule has 0 spiro atoms. The second-order valence-electron chi connectivity index (χ2n) is 7.23. The fourth-order valence-electron chi connectivity index (χ4n) is 2.87. The minimum atomic E-state index is -0.625. The molecule has 3 aromatic rings. The summed E-state index contributed by atoms with van der Waals surface area (Å²) in [6.45, 7) is 5.57. The quantitative estimate of drug-likeness (QED) is 0.689. The van der Waals surface area contributed by atoms with E-state index < -0.39 is 11.7 Å². The molecule has 0 aromatic carbocycles. The molecule has 9 heteroatoms. The zero-order valence-corrected chi connectivity index (χ0v) is 15.8. The first-order valence-corrected chi connectivity index (χ1v) is 9.12. The van der Waals surface area contributed by atoms with Gasteiger partial charge >= 0.3 is 6.09 Å². The van der Waals surface area contributed by atoms with E-state index in [1.54, 1.807) is 27.0 Å². The molecule has 0 fully saturated rings. The number of ether oxygens (including phenoxy) is 2. The number of fused-ring (bicyclic) bond motifs is 3. The van der Waals surface area contributed by atoms with E-state index in [-0.39, 0.29) is 24.6 Å². The lowest BCUT2D eigenvalue weighted by Crippen LogP contribution is -2.27. The standard InChI is InChI=1S/C18H17N3O5S/c1-18(2,3)26-17(24)21-6-9(5-19-21)13-4-10-11-7-25-8-12(22)14(11)20-16(23)15(10)27-13/h4-6H,7-8H2,1-3H3,(H,20,23). The van der Waals surface area contributed by atoms with Crippen LogP contribution in [0.5, 0.6) is 0 Å². The maximum atomic E-state index is 12.4.